The standard InChI is InChI=1S/C20H31N3O2S/c1-16(2)7-11-22-14-20(9-6-18(22)24)8-4-10-23(15-20)19(25)21-13-17-5-3-12-26-17/h3,5,12,16H,4,6-11,13-15H2,1-2H3,(H,21,25)/t20-/m1/s1. The molecule has 0 radical (unpaired) electrons. The van der Waals surface area contributed by atoms with Crippen LogP contribution in [0.15, 0.2) is 17.5 Å². The molecule has 3 rings (SSSR count). The molecular weight excluding hydrogens is 346 g/mol. The van der Waals surface area contributed by atoms with Crippen LogP contribution in [-0.2, 0) is 11.3 Å². The summed E-state index contributed by atoms with van der Waals surface area (Å²) in [6.07, 6.45) is 4.74. The monoisotopic (exact) mass is 377 g/mol. The minimum Gasteiger partial charge on any atom is -0.342 e. The second-order valence-electron chi connectivity index (χ2n) is 8.26. The van der Waals surface area contributed by atoms with Gasteiger partial charge in [-0.05, 0) is 43.0 Å². The maximum Gasteiger partial charge on any atom is 0.317 e. The first-order valence-corrected chi connectivity index (χ1v) is 10.7. The number of likely N-dealkylation sites (tertiary alicyclic amines) is 2. The van der Waals surface area contributed by atoms with Gasteiger partial charge in [-0.3, -0.25) is 4.79 Å². The Morgan fingerprint density at radius 1 is 1.35 bits per heavy atom. The van der Waals surface area contributed by atoms with Crippen LogP contribution in [0.25, 0.3) is 0 Å². The van der Waals surface area contributed by atoms with Crippen molar-refractivity contribution >= 4 is 23.3 Å². The Balaban J connectivity index is 1.57. The number of piperidine rings is 2. The third-order valence-electron chi connectivity index (χ3n) is 5.67. The smallest absolute Gasteiger partial charge is 0.317 e. The van der Waals surface area contributed by atoms with Crippen LogP contribution in [0.2, 0.25) is 0 Å². The van der Waals surface area contributed by atoms with Crippen molar-refractivity contribution in [1.82, 2.24) is 15.1 Å². The summed E-state index contributed by atoms with van der Waals surface area (Å²) in [4.78, 5) is 30.1. The van der Waals surface area contributed by atoms with E-state index >= 15 is 0 Å². The van der Waals surface area contributed by atoms with Crippen LogP contribution in [-0.4, -0.2) is 47.9 Å². The van der Waals surface area contributed by atoms with Gasteiger partial charge in [-0.15, -0.1) is 11.3 Å². The van der Waals surface area contributed by atoms with Crippen molar-refractivity contribution in [3.8, 4) is 0 Å². The molecular formula is C20H31N3O2S. The van der Waals surface area contributed by atoms with Gasteiger partial charge in [0.1, 0.15) is 0 Å². The van der Waals surface area contributed by atoms with Gasteiger partial charge in [-0.2, -0.15) is 0 Å². The Morgan fingerprint density at radius 3 is 2.92 bits per heavy atom. The quantitative estimate of drug-likeness (QED) is 0.850. The molecule has 0 aromatic carbocycles. The average Bonchev–Trinajstić information content (AvgIpc) is 3.14. The van der Waals surface area contributed by atoms with Crippen molar-refractivity contribution in [1.29, 1.82) is 0 Å². The molecule has 1 N–H and O–H groups in total. The van der Waals surface area contributed by atoms with Gasteiger partial charge in [0.25, 0.3) is 0 Å². The van der Waals surface area contributed by atoms with Gasteiger partial charge in [0, 0.05) is 42.9 Å². The Bertz CT molecular complexity index is 617. The lowest BCUT2D eigenvalue weighted by atomic mass is 9.73. The van der Waals surface area contributed by atoms with E-state index in [2.05, 4.69) is 24.1 Å². The molecule has 2 aliphatic rings. The van der Waals surface area contributed by atoms with E-state index in [1.807, 2.05) is 22.4 Å². The molecule has 6 heteroatoms. The Morgan fingerprint density at radius 2 is 2.19 bits per heavy atom. The largest absolute Gasteiger partial charge is 0.342 e. The van der Waals surface area contributed by atoms with Crippen LogP contribution in [0.5, 0.6) is 0 Å². The summed E-state index contributed by atoms with van der Waals surface area (Å²) < 4.78 is 0. The van der Waals surface area contributed by atoms with Crippen molar-refractivity contribution in [2.24, 2.45) is 11.3 Å². The van der Waals surface area contributed by atoms with E-state index in [0.717, 1.165) is 51.9 Å². The van der Waals surface area contributed by atoms with Gasteiger partial charge in [-0.1, -0.05) is 19.9 Å². The molecule has 0 saturated carbocycles. The van der Waals surface area contributed by atoms with Crippen molar-refractivity contribution < 1.29 is 9.59 Å². The minimum absolute atomic E-state index is 0.0307. The molecule has 0 unspecified atom stereocenters. The summed E-state index contributed by atoms with van der Waals surface area (Å²) in [5.74, 6) is 0.891. The van der Waals surface area contributed by atoms with Crippen molar-refractivity contribution in [3.05, 3.63) is 22.4 Å². The summed E-state index contributed by atoms with van der Waals surface area (Å²) >= 11 is 1.66. The first-order chi connectivity index (χ1) is 12.5. The van der Waals surface area contributed by atoms with Crippen LogP contribution in [0, 0.1) is 11.3 Å². The lowest BCUT2D eigenvalue weighted by Crippen LogP contribution is -2.56. The highest BCUT2D eigenvalue weighted by atomic mass is 32.1. The van der Waals surface area contributed by atoms with Gasteiger partial charge in [0.15, 0.2) is 0 Å². The third kappa shape index (κ3) is 4.78. The summed E-state index contributed by atoms with van der Waals surface area (Å²) in [6, 6.07) is 4.08. The molecule has 1 spiro atoms. The summed E-state index contributed by atoms with van der Waals surface area (Å²) in [5, 5.41) is 5.08. The molecule has 5 nitrogen and oxygen atoms in total. The number of rotatable bonds is 5. The topological polar surface area (TPSA) is 52.6 Å². The van der Waals surface area contributed by atoms with E-state index < -0.39 is 0 Å². The van der Waals surface area contributed by atoms with E-state index in [-0.39, 0.29) is 17.4 Å². The van der Waals surface area contributed by atoms with Gasteiger partial charge in [-0.25, -0.2) is 4.79 Å². The maximum absolute atomic E-state index is 12.6. The SMILES string of the molecule is CC(C)CCN1C[C@@]2(CCCN(C(=O)NCc3cccs3)C2)CCC1=O. The number of hydrogen-bond donors (Lipinski definition) is 1. The van der Waals surface area contributed by atoms with Gasteiger partial charge in [0.2, 0.25) is 5.91 Å². The Kier molecular flexibility index (Phi) is 6.22. The van der Waals surface area contributed by atoms with E-state index in [4.69, 9.17) is 0 Å². The number of amides is 3. The van der Waals surface area contributed by atoms with Crippen LogP contribution < -0.4 is 5.32 Å². The molecule has 0 aliphatic carbocycles. The van der Waals surface area contributed by atoms with E-state index in [0.29, 0.717) is 18.9 Å². The Hall–Kier alpha value is -1.56. The normalized spacial score (nSPS) is 23.7. The molecule has 144 valence electrons. The summed E-state index contributed by atoms with van der Waals surface area (Å²) in [7, 11) is 0. The summed E-state index contributed by atoms with van der Waals surface area (Å²) in [6.45, 7) is 8.25. The molecule has 1 aromatic rings. The van der Waals surface area contributed by atoms with Crippen molar-refractivity contribution in [2.75, 3.05) is 26.2 Å². The highest BCUT2D eigenvalue weighted by molar-refractivity contribution is 7.09. The number of carbonyl (C=O) groups excluding carboxylic acids is 2. The fourth-order valence-electron chi connectivity index (χ4n) is 4.12. The number of hydrogen-bond acceptors (Lipinski definition) is 3. The second-order valence-corrected chi connectivity index (χ2v) is 9.29. The first kappa shape index (κ1) is 19.2. The lowest BCUT2D eigenvalue weighted by Gasteiger charge is -2.48. The van der Waals surface area contributed by atoms with Crippen molar-refractivity contribution in [2.45, 2.75) is 52.5 Å². The molecule has 3 amide bonds. The number of thiophene rings is 1. The molecule has 0 bridgehead atoms. The predicted octanol–water partition coefficient (Wildman–Crippen LogP) is 3.71. The zero-order valence-corrected chi connectivity index (χ0v) is 16.8. The highest BCUT2D eigenvalue weighted by Gasteiger charge is 2.42. The molecule has 26 heavy (non-hydrogen) atoms. The molecule has 2 fully saturated rings. The highest BCUT2D eigenvalue weighted by Crippen LogP contribution is 2.39. The van der Waals surface area contributed by atoms with E-state index in [9.17, 15) is 9.59 Å². The second kappa shape index (κ2) is 8.42. The maximum atomic E-state index is 12.6. The third-order valence-corrected chi connectivity index (χ3v) is 6.54. The Labute approximate surface area is 160 Å². The average molecular weight is 378 g/mol. The first-order valence-electron chi connectivity index (χ1n) is 9.80. The molecule has 1 aromatic heterocycles. The minimum atomic E-state index is 0.0307. The fourth-order valence-corrected chi connectivity index (χ4v) is 4.77. The van der Waals surface area contributed by atoms with Crippen LogP contribution in [0.4, 0.5) is 4.79 Å². The number of carbonyl (C=O) groups is 2. The van der Waals surface area contributed by atoms with E-state index in [1.165, 1.54) is 4.88 Å². The van der Waals surface area contributed by atoms with Gasteiger partial charge < -0.3 is 15.1 Å². The molecule has 2 saturated heterocycles. The van der Waals surface area contributed by atoms with Gasteiger partial charge in [0.05, 0.1) is 6.54 Å². The van der Waals surface area contributed by atoms with Gasteiger partial charge >= 0.3 is 6.03 Å². The van der Waals surface area contributed by atoms with Crippen LogP contribution in [0.3, 0.4) is 0 Å². The van der Waals surface area contributed by atoms with Crippen molar-refractivity contribution in [3.63, 3.8) is 0 Å². The molecule has 1 atom stereocenters. The summed E-state index contributed by atoms with van der Waals surface area (Å²) in [5.41, 5.74) is 0.0867. The predicted molar refractivity (Wildman–Crippen MR) is 105 cm³/mol. The number of urea groups is 1. The fraction of sp³-hybridized carbons (Fsp3) is 0.700. The van der Waals surface area contributed by atoms with Crippen LogP contribution >= 0.6 is 11.3 Å². The number of nitrogens with zero attached hydrogens (tertiary/aromatic N) is 2. The lowest BCUT2D eigenvalue weighted by molar-refractivity contribution is -0.139. The zero-order chi connectivity index (χ0) is 18.6. The molecule has 2 aliphatic heterocycles. The number of nitrogens with one attached hydrogen (secondary N) is 1. The van der Waals surface area contributed by atoms with E-state index in [1.54, 1.807) is 11.3 Å². The molecule has 3 heterocycles. The zero-order valence-electron chi connectivity index (χ0n) is 16.0. The van der Waals surface area contributed by atoms with Crippen LogP contribution in [0.1, 0.15) is 50.8 Å².